The van der Waals surface area contributed by atoms with Gasteiger partial charge in [-0.3, -0.25) is 4.98 Å². The highest BCUT2D eigenvalue weighted by molar-refractivity contribution is 5.38. The zero-order valence-electron chi connectivity index (χ0n) is 10.2. The Bertz CT molecular complexity index is 514. The number of nitrogens with zero attached hydrogens (tertiary/aromatic N) is 1. The highest BCUT2D eigenvalue weighted by atomic mass is 16.3. The van der Waals surface area contributed by atoms with Crippen molar-refractivity contribution in [3.8, 4) is 11.5 Å². The molecule has 2 aromatic rings. The Hall–Kier alpha value is -2.07. The number of rotatable bonds is 4. The second kappa shape index (κ2) is 5.51. The maximum atomic E-state index is 9.66. The molecule has 4 nitrogen and oxygen atoms in total. The van der Waals surface area contributed by atoms with Crippen molar-refractivity contribution in [2.24, 2.45) is 0 Å². The average Bonchev–Trinajstić information content (AvgIpc) is 2.38. The minimum absolute atomic E-state index is 0.0639. The van der Waals surface area contributed by atoms with E-state index in [-0.39, 0.29) is 17.5 Å². The number of nitrogens with one attached hydrogen (secondary N) is 1. The summed E-state index contributed by atoms with van der Waals surface area (Å²) in [5.41, 5.74) is 1.70. The summed E-state index contributed by atoms with van der Waals surface area (Å²) in [6.45, 7) is 2.53. The number of phenols is 2. The summed E-state index contributed by atoms with van der Waals surface area (Å²) in [6.07, 6.45) is 1.76. The van der Waals surface area contributed by atoms with E-state index in [2.05, 4.69) is 10.3 Å². The first-order chi connectivity index (χ1) is 8.66. The second-order valence-corrected chi connectivity index (χ2v) is 4.17. The second-order valence-electron chi connectivity index (χ2n) is 4.17. The molecule has 0 bridgehead atoms. The number of benzene rings is 1. The molecule has 94 valence electrons. The van der Waals surface area contributed by atoms with Crippen molar-refractivity contribution >= 4 is 0 Å². The molecule has 0 saturated carbocycles. The van der Waals surface area contributed by atoms with E-state index in [9.17, 15) is 10.2 Å². The van der Waals surface area contributed by atoms with Gasteiger partial charge in [-0.05, 0) is 25.1 Å². The van der Waals surface area contributed by atoms with Gasteiger partial charge in [-0.25, -0.2) is 0 Å². The molecular formula is C14H16N2O2. The highest BCUT2D eigenvalue weighted by Gasteiger charge is 2.07. The summed E-state index contributed by atoms with van der Waals surface area (Å²) in [6, 6.07) is 10.5. The Labute approximate surface area is 106 Å². The van der Waals surface area contributed by atoms with Gasteiger partial charge in [0.2, 0.25) is 0 Å². The molecule has 2 rings (SSSR count). The number of hydrogen-bond donors (Lipinski definition) is 3. The van der Waals surface area contributed by atoms with Crippen LogP contribution in [-0.2, 0) is 6.54 Å². The zero-order valence-corrected chi connectivity index (χ0v) is 10.2. The van der Waals surface area contributed by atoms with E-state index in [4.69, 9.17) is 0 Å². The molecule has 0 unspecified atom stereocenters. The highest BCUT2D eigenvalue weighted by Crippen LogP contribution is 2.23. The smallest absolute Gasteiger partial charge is 0.123 e. The monoisotopic (exact) mass is 244 g/mol. The van der Waals surface area contributed by atoms with Crippen LogP contribution in [0.25, 0.3) is 0 Å². The standard InChI is InChI=1S/C14H16N2O2/c1-10(13-4-2-3-7-15-13)16-9-11-5-6-12(17)8-14(11)18/h2-8,10,16-18H,9H2,1H3/t10-/m0/s1. The largest absolute Gasteiger partial charge is 0.508 e. The summed E-state index contributed by atoms with van der Waals surface area (Å²) in [4.78, 5) is 4.26. The molecule has 18 heavy (non-hydrogen) atoms. The first kappa shape index (κ1) is 12.4. The molecule has 0 radical (unpaired) electrons. The van der Waals surface area contributed by atoms with Crippen molar-refractivity contribution in [1.29, 1.82) is 0 Å². The van der Waals surface area contributed by atoms with Gasteiger partial charge in [0.1, 0.15) is 11.5 Å². The first-order valence-electron chi connectivity index (χ1n) is 5.82. The van der Waals surface area contributed by atoms with Crippen LogP contribution in [0.4, 0.5) is 0 Å². The van der Waals surface area contributed by atoms with Gasteiger partial charge in [0, 0.05) is 30.4 Å². The van der Waals surface area contributed by atoms with Gasteiger partial charge >= 0.3 is 0 Å². The van der Waals surface area contributed by atoms with E-state index in [0.717, 1.165) is 11.3 Å². The Morgan fingerprint density at radius 2 is 2.06 bits per heavy atom. The van der Waals surface area contributed by atoms with Crippen molar-refractivity contribution in [3.05, 3.63) is 53.9 Å². The molecule has 0 fully saturated rings. The maximum absolute atomic E-state index is 9.66. The summed E-state index contributed by atoms with van der Waals surface area (Å²) < 4.78 is 0. The van der Waals surface area contributed by atoms with E-state index < -0.39 is 0 Å². The number of hydrogen-bond acceptors (Lipinski definition) is 4. The van der Waals surface area contributed by atoms with Crippen LogP contribution in [0.1, 0.15) is 24.2 Å². The molecule has 0 saturated heterocycles. The number of aromatic nitrogens is 1. The van der Waals surface area contributed by atoms with Crippen molar-refractivity contribution in [3.63, 3.8) is 0 Å². The topological polar surface area (TPSA) is 65.4 Å². The lowest BCUT2D eigenvalue weighted by molar-refractivity contribution is 0.441. The Kier molecular flexibility index (Phi) is 3.79. The Balaban J connectivity index is 1.99. The van der Waals surface area contributed by atoms with Crippen molar-refractivity contribution in [1.82, 2.24) is 10.3 Å². The zero-order chi connectivity index (χ0) is 13.0. The van der Waals surface area contributed by atoms with E-state index >= 15 is 0 Å². The van der Waals surface area contributed by atoms with Gasteiger partial charge < -0.3 is 15.5 Å². The molecule has 0 spiro atoms. The van der Waals surface area contributed by atoms with Crippen molar-refractivity contribution in [2.75, 3.05) is 0 Å². The SMILES string of the molecule is C[C@H](NCc1ccc(O)cc1O)c1ccccn1. The molecule has 1 aromatic carbocycles. The Morgan fingerprint density at radius 3 is 2.72 bits per heavy atom. The molecule has 1 aromatic heterocycles. The third kappa shape index (κ3) is 2.99. The van der Waals surface area contributed by atoms with Crippen molar-refractivity contribution in [2.45, 2.75) is 19.5 Å². The molecular weight excluding hydrogens is 228 g/mol. The molecule has 0 aliphatic rings. The van der Waals surface area contributed by atoms with Gasteiger partial charge in [-0.15, -0.1) is 0 Å². The van der Waals surface area contributed by atoms with Crippen molar-refractivity contribution < 1.29 is 10.2 Å². The summed E-state index contributed by atoms with van der Waals surface area (Å²) in [7, 11) is 0. The fraction of sp³-hybridized carbons (Fsp3) is 0.214. The van der Waals surface area contributed by atoms with Crippen LogP contribution in [0.2, 0.25) is 0 Å². The van der Waals surface area contributed by atoms with Gasteiger partial charge in [0.05, 0.1) is 5.69 Å². The lowest BCUT2D eigenvalue weighted by atomic mass is 10.1. The van der Waals surface area contributed by atoms with Crippen LogP contribution in [0.15, 0.2) is 42.6 Å². The van der Waals surface area contributed by atoms with Crippen LogP contribution in [-0.4, -0.2) is 15.2 Å². The quantitative estimate of drug-likeness (QED) is 0.772. The van der Waals surface area contributed by atoms with Crippen LogP contribution >= 0.6 is 0 Å². The van der Waals surface area contributed by atoms with Gasteiger partial charge in [-0.2, -0.15) is 0 Å². The van der Waals surface area contributed by atoms with Crippen LogP contribution in [0.3, 0.4) is 0 Å². The van der Waals surface area contributed by atoms with E-state index in [0.29, 0.717) is 6.54 Å². The number of phenolic OH excluding ortho intramolecular Hbond substituents is 2. The predicted molar refractivity (Wildman–Crippen MR) is 69.3 cm³/mol. The molecule has 1 atom stereocenters. The third-order valence-corrected chi connectivity index (χ3v) is 2.80. The van der Waals surface area contributed by atoms with Crippen LogP contribution in [0.5, 0.6) is 11.5 Å². The fourth-order valence-electron chi connectivity index (χ4n) is 1.70. The van der Waals surface area contributed by atoms with Gasteiger partial charge in [-0.1, -0.05) is 12.1 Å². The van der Waals surface area contributed by atoms with E-state index in [1.54, 1.807) is 18.3 Å². The first-order valence-corrected chi connectivity index (χ1v) is 5.82. The van der Waals surface area contributed by atoms with Crippen LogP contribution in [0, 0.1) is 0 Å². The van der Waals surface area contributed by atoms with Gasteiger partial charge in [0.25, 0.3) is 0 Å². The normalized spacial score (nSPS) is 12.3. The van der Waals surface area contributed by atoms with E-state index in [1.165, 1.54) is 6.07 Å². The summed E-state index contributed by atoms with van der Waals surface area (Å²) in [5.74, 6) is 0.157. The number of pyridine rings is 1. The average molecular weight is 244 g/mol. The van der Waals surface area contributed by atoms with Crippen LogP contribution < -0.4 is 5.32 Å². The lowest BCUT2D eigenvalue weighted by Gasteiger charge is -2.13. The molecule has 0 aliphatic carbocycles. The molecule has 0 amide bonds. The Morgan fingerprint density at radius 1 is 1.22 bits per heavy atom. The minimum Gasteiger partial charge on any atom is -0.508 e. The molecule has 3 N–H and O–H groups in total. The van der Waals surface area contributed by atoms with E-state index in [1.807, 2.05) is 25.1 Å². The summed E-state index contributed by atoms with van der Waals surface area (Å²) >= 11 is 0. The predicted octanol–water partition coefficient (Wildman–Crippen LogP) is 2.34. The minimum atomic E-state index is 0.0639. The fourth-order valence-corrected chi connectivity index (χ4v) is 1.70. The molecule has 0 aliphatic heterocycles. The van der Waals surface area contributed by atoms with Gasteiger partial charge in [0.15, 0.2) is 0 Å². The molecule has 1 heterocycles. The lowest BCUT2D eigenvalue weighted by Crippen LogP contribution is -2.18. The number of aromatic hydroxyl groups is 2. The molecule has 4 heteroatoms. The maximum Gasteiger partial charge on any atom is 0.123 e. The third-order valence-electron chi connectivity index (χ3n) is 2.80. The summed E-state index contributed by atoms with van der Waals surface area (Å²) in [5, 5.41) is 22.1.